The third-order valence-corrected chi connectivity index (χ3v) is 8.89. The van der Waals surface area contributed by atoms with Gasteiger partial charge in [0.25, 0.3) is 10.0 Å². The number of carboxylic acid groups (broad SMARTS) is 1. The smallest absolute Gasteiger partial charge is 0.416 e. The number of nitrogens with one attached hydrogen (secondary N) is 1. The summed E-state index contributed by atoms with van der Waals surface area (Å²) < 4.78 is 68.4. The van der Waals surface area contributed by atoms with E-state index in [0.29, 0.717) is 28.8 Å². The van der Waals surface area contributed by atoms with Crippen molar-refractivity contribution >= 4 is 27.6 Å². The Morgan fingerprint density at radius 1 is 0.881 bits per heavy atom. The molecule has 7 nitrogen and oxygen atoms in total. The minimum atomic E-state index is -4.51. The van der Waals surface area contributed by atoms with Gasteiger partial charge in [-0.25, -0.2) is 13.2 Å². The van der Waals surface area contributed by atoms with Crippen molar-refractivity contribution in [1.82, 2.24) is 5.32 Å². The van der Waals surface area contributed by atoms with Crippen LogP contribution in [0, 0.1) is 0 Å². The zero-order chi connectivity index (χ0) is 30.1. The second kappa shape index (κ2) is 11.3. The van der Waals surface area contributed by atoms with Gasteiger partial charge in [-0.3, -0.25) is 9.10 Å². The molecule has 2 N–H and O–H groups in total. The Kier molecular flexibility index (Phi) is 7.79. The Morgan fingerprint density at radius 2 is 1.60 bits per heavy atom. The molecule has 0 unspecified atom stereocenters. The predicted octanol–water partition coefficient (Wildman–Crippen LogP) is 5.55. The highest BCUT2D eigenvalue weighted by molar-refractivity contribution is 7.93. The van der Waals surface area contributed by atoms with Gasteiger partial charge < -0.3 is 10.4 Å². The van der Waals surface area contributed by atoms with E-state index in [1.54, 1.807) is 36.4 Å². The molecule has 0 aliphatic carbocycles. The maximum Gasteiger partial charge on any atom is 0.416 e. The maximum absolute atomic E-state index is 13.9. The number of carbonyl (C=O) groups excluding carboxylic acids is 1. The van der Waals surface area contributed by atoms with Gasteiger partial charge in [0.1, 0.15) is 6.04 Å². The van der Waals surface area contributed by atoms with Crippen molar-refractivity contribution < 1.29 is 36.3 Å². The molecule has 1 aliphatic rings. The third-order valence-electron chi connectivity index (χ3n) is 7.05. The van der Waals surface area contributed by atoms with Gasteiger partial charge >= 0.3 is 12.1 Å². The fraction of sp³-hybridized carbons (Fsp3) is 0.161. The van der Waals surface area contributed by atoms with Gasteiger partial charge in [0.2, 0.25) is 5.91 Å². The molecular weight excluding hydrogens is 569 g/mol. The first-order valence-corrected chi connectivity index (χ1v) is 14.4. The number of fused-ring (bicyclic) bond motifs is 1. The molecule has 4 aromatic rings. The zero-order valence-electron chi connectivity index (χ0n) is 22.0. The highest BCUT2D eigenvalue weighted by Crippen LogP contribution is 2.38. The molecule has 0 saturated heterocycles. The van der Waals surface area contributed by atoms with Crippen LogP contribution in [0.1, 0.15) is 27.0 Å². The Morgan fingerprint density at radius 3 is 2.31 bits per heavy atom. The van der Waals surface area contributed by atoms with Crippen LogP contribution >= 0.6 is 0 Å². The lowest BCUT2D eigenvalue weighted by atomic mass is 10.0. The number of hydrogen-bond donors (Lipinski definition) is 2. The average Bonchev–Trinajstić information content (AvgIpc) is 3.38. The van der Waals surface area contributed by atoms with Crippen LogP contribution in [0.5, 0.6) is 0 Å². The molecule has 0 bridgehead atoms. The fourth-order valence-electron chi connectivity index (χ4n) is 4.97. The number of amides is 1. The van der Waals surface area contributed by atoms with Crippen molar-refractivity contribution in [2.75, 3.05) is 10.8 Å². The number of halogens is 3. The lowest BCUT2D eigenvalue weighted by Crippen LogP contribution is -2.48. The topological polar surface area (TPSA) is 104 Å². The number of carbonyl (C=O) groups is 2. The van der Waals surface area contributed by atoms with Crippen LogP contribution in [0.15, 0.2) is 102 Å². The number of alkyl halides is 3. The third kappa shape index (κ3) is 5.87. The summed E-state index contributed by atoms with van der Waals surface area (Å²) in [6.45, 7) is 0.161. The van der Waals surface area contributed by atoms with Gasteiger partial charge in [-0.15, -0.1) is 0 Å². The van der Waals surface area contributed by atoms with Crippen molar-refractivity contribution in [1.29, 1.82) is 0 Å². The van der Waals surface area contributed by atoms with E-state index in [1.165, 1.54) is 48.5 Å². The molecule has 0 fully saturated rings. The number of nitrogens with zero attached hydrogens (tertiary/aromatic N) is 1. The van der Waals surface area contributed by atoms with Crippen LogP contribution < -0.4 is 9.62 Å². The summed E-state index contributed by atoms with van der Waals surface area (Å²) in [7, 11) is -4.24. The summed E-state index contributed by atoms with van der Waals surface area (Å²) >= 11 is 0. The molecule has 0 saturated carbocycles. The van der Waals surface area contributed by atoms with Crippen molar-refractivity contribution in [3.63, 3.8) is 0 Å². The fourth-order valence-corrected chi connectivity index (χ4v) is 6.62. The largest absolute Gasteiger partial charge is 0.478 e. The maximum atomic E-state index is 13.9. The molecule has 1 aliphatic heterocycles. The number of para-hydroxylation sites is 1. The normalized spacial score (nSPS) is 14.8. The van der Waals surface area contributed by atoms with Crippen LogP contribution in [0.3, 0.4) is 0 Å². The van der Waals surface area contributed by atoms with Gasteiger partial charge in [0.05, 0.1) is 21.7 Å². The number of rotatable bonds is 8. The van der Waals surface area contributed by atoms with Crippen molar-refractivity contribution in [2.24, 2.45) is 0 Å². The summed E-state index contributed by atoms with van der Waals surface area (Å²) in [6.07, 6.45) is -4.02. The molecule has 1 heterocycles. The van der Waals surface area contributed by atoms with E-state index in [0.717, 1.165) is 16.4 Å². The summed E-state index contributed by atoms with van der Waals surface area (Å²) in [5.41, 5.74) is 1.75. The quantitative estimate of drug-likeness (QED) is 0.279. The van der Waals surface area contributed by atoms with E-state index in [4.69, 9.17) is 0 Å². The van der Waals surface area contributed by atoms with Crippen LogP contribution in [0.2, 0.25) is 0 Å². The first-order valence-electron chi connectivity index (χ1n) is 12.9. The lowest BCUT2D eigenvalue weighted by Gasteiger charge is -2.26. The standard InChI is InChI=1S/C31H25F3N2O5S/c32-31(33,34)25-9-4-7-22(18-25)21-11-13-26(14-12-21)42(40,41)36-27-10-2-1-6-23(27)19-28(36)29(37)35-16-15-20-5-3-8-24(17-20)30(38)39/h1-14,17-18,28H,15-16,19H2,(H,35,37)(H,38,39)/t28-/m0/s1. The zero-order valence-corrected chi connectivity index (χ0v) is 22.8. The Bertz CT molecular complexity index is 1760. The summed E-state index contributed by atoms with van der Waals surface area (Å²) in [6, 6.07) is 22.3. The highest BCUT2D eigenvalue weighted by atomic mass is 32.2. The van der Waals surface area contributed by atoms with E-state index in [-0.39, 0.29) is 29.0 Å². The molecular formula is C31H25F3N2O5S. The lowest BCUT2D eigenvalue weighted by molar-refractivity contribution is -0.137. The van der Waals surface area contributed by atoms with Crippen molar-refractivity contribution in [3.8, 4) is 11.1 Å². The van der Waals surface area contributed by atoms with E-state index < -0.39 is 39.7 Å². The van der Waals surface area contributed by atoms with Gasteiger partial charge in [0.15, 0.2) is 0 Å². The molecule has 216 valence electrons. The van der Waals surface area contributed by atoms with Gasteiger partial charge in [-0.1, -0.05) is 54.6 Å². The number of carboxylic acids is 1. The van der Waals surface area contributed by atoms with Crippen LogP contribution in [-0.2, 0) is 33.8 Å². The number of anilines is 1. The molecule has 5 rings (SSSR count). The summed E-state index contributed by atoms with van der Waals surface area (Å²) in [4.78, 5) is 24.4. The molecule has 1 amide bonds. The SMILES string of the molecule is O=C(O)c1cccc(CCNC(=O)[C@@H]2Cc3ccccc3N2S(=O)(=O)c2ccc(-c3cccc(C(F)(F)F)c3)cc2)c1. The Labute approximate surface area is 240 Å². The molecule has 4 aromatic carbocycles. The van der Waals surface area contributed by atoms with Crippen molar-refractivity contribution in [2.45, 2.75) is 30.0 Å². The van der Waals surface area contributed by atoms with E-state index in [1.807, 2.05) is 0 Å². The monoisotopic (exact) mass is 594 g/mol. The van der Waals surface area contributed by atoms with Crippen LogP contribution in [-0.4, -0.2) is 38.0 Å². The molecule has 0 radical (unpaired) electrons. The minimum Gasteiger partial charge on any atom is -0.478 e. The van der Waals surface area contributed by atoms with Gasteiger partial charge in [0, 0.05) is 13.0 Å². The Balaban J connectivity index is 1.37. The second-order valence-electron chi connectivity index (χ2n) is 9.80. The summed E-state index contributed by atoms with van der Waals surface area (Å²) in [5, 5.41) is 12.0. The van der Waals surface area contributed by atoms with Gasteiger partial charge in [-0.2, -0.15) is 13.2 Å². The van der Waals surface area contributed by atoms with E-state index >= 15 is 0 Å². The van der Waals surface area contributed by atoms with E-state index in [9.17, 15) is 36.3 Å². The predicted molar refractivity (Wildman–Crippen MR) is 151 cm³/mol. The van der Waals surface area contributed by atoms with Crippen LogP contribution in [0.25, 0.3) is 11.1 Å². The molecule has 1 atom stereocenters. The van der Waals surface area contributed by atoms with E-state index in [2.05, 4.69) is 5.32 Å². The minimum absolute atomic E-state index is 0.113. The average molecular weight is 595 g/mol. The first-order chi connectivity index (χ1) is 19.9. The molecule has 42 heavy (non-hydrogen) atoms. The second-order valence-corrected chi connectivity index (χ2v) is 11.6. The van der Waals surface area contributed by atoms with Gasteiger partial charge in [-0.05, 0) is 71.1 Å². The number of sulfonamides is 1. The highest BCUT2D eigenvalue weighted by Gasteiger charge is 2.42. The summed E-state index contributed by atoms with van der Waals surface area (Å²) in [5.74, 6) is -1.57. The Hall–Kier alpha value is -4.64. The number of aromatic carboxylic acids is 1. The molecule has 11 heteroatoms. The number of benzene rings is 4. The number of hydrogen-bond acceptors (Lipinski definition) is 4. The first kappa shape index (κ1) is 28.9. The van der Waals surface area contributed by atoms with Crippen molar-refractivity contribution in [3.05, 3.63) is 119 Å². The molecule has 0 spiro atoms. The van der Waals surface area contributed by atoms with Crippen LogP contribution in [0.4, 0.5) is 18.9 Å². The molecule has 0 aromatic heterocycles.